The third-order valence-corrected chi connectivity index (χ3v) is 9.39. The van der Waals surface area contributed by atoms with E-state index in [0.717, 1.165) is 56.5 Å². The topological polar surface area (TPSA) is 53.6 Å². The standard InChI is InChI=1S/C20H28ClNO2.C9H20N2S/c21-17-8-6-15(7-9-17)19(16-10-12-24-13-11-16)14-20(23)22-18-4-2-1-3-5-18;1-3-7-12-11-6-5-10-8-9(11)4-2/h6-9,16,18-19H,1-5,10-14H2,(H,22,23);9-10H,3-8H2,1-2H3. The van der Waals surface area contributed by atoms with Crippen LogP contribution in [0.1, 0.15) is 89.5 Å². The Morgan fingerprint density at radius 1 is 1.14 bits per heavy atom. The van der Waals surface area contributed by atoms with Crippen LogP contribution in [-0.2, 0) is 9.53 Å². The number of amides is 1. The van der Waals surface area contributed by atoms with Gasteiger partial charge in [0.25, 0.3) is 0 Å². The summed E-state index contributed by atoms with van der Waals surface area (Å²) in [7, 11) is 0. The summed E-state index contributed by atoms with van der Waals surface area (Å²) >= 11 is 8.06. The molecule has 5 nitrogen and oxygen atoms in total. The molecule has 0 aromatic heterocycles. The third-order valence-electron chi connectivity index (χ3n) is 7.74. The van der Waals surface area contributed by atoms with Crippen molar-refractivity contribution in [2.45, 2.75) is 96.1 Å². The number of benzene rings is 1. The van der Waals surface area contributed by atoms with Crippen molar-refractivity contribution in [2.24, 2.45) is 5.92 Å². The smallest absolute Gasteiger partial charge is 0.220 e. The molecule has 2 unspecified atom stereocenters. The molecule has 2 aliphatic heterocycles. The number of carbonyl (C=O) groups is 1. The second kappa shape index (κ2) is 16.9. The van der Waals surface area contributed by atoms with Crippen LogP contribution in [0.15, 0.2) is 24.3 Å². The van der Waals surface area contributed by atoms with E-state index in [-0.39, 0.29) is 11.8 Å². The van der Waals surface area contributed by atoms with Crippen molar-refractivity contribution in [3.05, 3.63) is 34.9 Å². The Kier molecular flexibility index (Phi) is 14.0. The summed E-state index contributed by atoms with van der Waals surface area (Å²) in [6.07, 6.45) is 11.2. The first-order valence-electron chi connectivity index (χ1n) is 14.3. The Hall–Kier alpha value is -0.790. The van der Waals surface area contributed by atoms with Crippen molar-refractivity contribution in [3.8, 4) is 0 Å². The molecule has 2 saturated heterocycles. The minimum Gasteiger partial charge on any atom is -0.381 e. The van der Waals surface area contributed by atoms with E-state index in [9.17, 15) is 4.79 Å². The molecule has 0 spiro atoms. The highest BCUT2D eigenvalue weighted by molar-refractivity contribution is 7.97. The molecule has 1 saturated carbocycles. The van der Waals surface area contributed by atoms with Gasteiger partial charge in [-0.1, -0.05) is 68.8 Å². The molecule has 7 heteroatoms. The number of hydrogen-bond acceptors (Lipinski definition) is 5. The van der Waals surface area contributed by atoms with Gasteiger partial charge in [-0.3, -0.25) is 4.79 Å². The Bertz CT molecular complexity index is 739. The zero-order valence-corrected chi connectivity index (χ0v) is 24.1. The Morgan fingerprint density at radius 2 is 1.86 bits per heavy atom. The largest absolute Gasteiger partial charge is 0.381 e. The van der Waals surface area contributed by atoms with E-state index >= 15 is 0 Å². The highest BCUT2D eigenvalue weighted by Gasteiger charge is 2.28. The first-order chi connectivity index (χ1) is 17.6. The van der Waals surface area contributed by atoms with Crippen LogP contribution in [0.4, 0.5) is 0 Å². The van der Waals surface area contributed by atoms with Crippen LogP contribution < -0.4 is 10.6 Å². The van der Waals surface area contributed by atoms with Crippen molar-refractivity contribution in [1.29, 1.82) is 0 Å². The van der Waals surface area contributed by atoms with E-state index < -0.39 is 0 Å². The summed E-state index contributed by atoms with van der Waals surface area (Å²) in [5.41, 5.74) is 1.23. The molecular formula is C29H48ClN3O2S. The summed E-state index contributed by atoms with van der Waals surface area (Å²) in [5, 5.41) is 7.46. The second-order valence-corrected chi connectivity index (χ2v) is 12.0. The van der Waals surface area contributed by atoms with E-state index in [1.807, 2.05) is 24.1 Å². The second-order valence-electron chi connectivity index (χ2n) is 10.5. The number of rotatable bonds is 9. The van der Waals surface area contributed by atoms with E-state index in [1.165, 1.54) is 56.5 Å². The van der Waals surface area contributed by atoms with E-state index in [2.05, 4.69) is 40.9 Å². The number of ether oxygens (including phenoxy) is 1. The maximum absolute atomic E-state index is 12.6. The first-order valence-corrected chi connectivity index (χ1v) is 15.7. The van der Waals surface area contributed by atoms with Gasteiger partial charge in [0.1, 0.15) is 0 Å². The molecule has 36 heavy (non-hydrogen) atoms. The molecule has 1 aromatic carbocycles. The summed E-state index contributed by atoms with van der Waals surface area (Å²) in [5.74, 6) is 2.25. The fourth-order valence-corrected chi connectivity index (χ4v) is 6.78. The van der Waals surface area contributed by atoms with E-state index in [0.29, 0.717) is 18.4 Å². The van der Waals surface area contributed by atoms with Gasteiger partial charge in [-0.25, -0.2) is 4.31 Å². The highest BCUT2D eigenvalue weighted by atomic mass is 35.5. The number of piperazine rings is 1. The molecule has 0 bridgehead atoms. The zero-order chi connectivity index (χ0) is 25.6. The monoisotopic (exact) mass is 537 g/mol. The van der Waals surface area contributed by atoms with Gasteiger partial charge in [-0.05, 0) is 68.1 Å². The fraction of sp³-hybridized carbons (Fsp3) is 0.759. The van der Waals surface area contributed by atoms with E-state index in [1.54, 1.807) is 0 Å². The van der Waals surface area contributed by atoms with Crippen LogP contribution >= 0.6 is 23.5 Å². The maximum atomic E-state index is 12.6. The van der Waals surface area contributed by atoms with Gasteiger partial charge < -0.3 is 15.4 Å². The molecule has 1 aromatic rings. The quantitative estimate of drug-likeness (QED) is 0.356. The van der Waals surface area contributed by atoms with Gasteiger partial charge >= 0.3 is 0 Å². The number of nitrogens with zero attached hydrogens (tertiary/aromatic N) is 1. The van der Waals surface area contributed by atoms with Crippen molar-refractivity contribution < 1.29 is 9.53 Å². The SMILES string of the molecule is CCCSN1CCNCC1CC.O=C(CC(c1ccc(Cl)cc1)C1CCOCC1)NC1CCCCC1. The van der Waals surface area contributed by atoms with Gasteiger partial charge in [-0.15, -0.1) is 0 Å². The molecule has 2 heterocycles. The lowest BCUT2D eigenvalue weighted by atomic mass is 9.79. The molecule has 1 amide bonds. The minimum absolute atomic E-state index is 0.202. The summed E-state index contributed by atoms with van der Waals surface area (Å²) in [6, 6.07) is 9.17. The number of halogens is 1. The van der Waals surface area contributed by atoms with Crippen molar-refractivity contribution >= 4 is 29.5 Å². The van der Waals surface area contributed by atoms with Crippen LogP contribution in [0.5, 0.6) is 0 Å². The maximum Gasteiger partial charge on any atom is 0.220 e. The number of carbonyl (C=O) groups excluding carboxylic acids is 1. The molecule has 2 N–H and O–H groups in total. The molecule has 204 valence electrons. The predicted octanol–water partition coefficient (Wildman–Crippen LogP) is 6.42. The number of hydrogen-bond donors (Lipinski definition) is 2. The van der Waals surface area contributed by atoms with Gasteiger partial charge in [-0.2, -0.15) is 0 Å². The Labute approximate surface area is 229 Å². The fourth-order valence-electron chi connectivity index (χ4n) is 5.59. The lowest BCUT2D eigenvalue weighted by Crippen LogP contribution is -2.47. The molecule has 4 rings (SSSR count). The molecule has 3 aliphatic rings. The van der Waals surface area contributed by atoms with Gasteiger partial charge in [0.15, 0.2) is 0 Å². The molecule has 0 radical (unpaired) electrons. The van der Waals surface area contributed by atoms with Gasteiger partial charge in [0.2, 0.25) is 5.91 Å². The van der Waals surface area contributed by atoms with Crippen LogP contribution in [0.2, 0.25) is 5.02 Å². The first kappa shape index (κ1) is 29.8. The average Bonchev–Trinajstić information content (AvgIpc) is 2.93. The Morgan fingerprint density at radius 3 is 2.53 bits per heavy atom. The number of nitrogens with one attached hydrogen (secondary N) is 2. The van der Waals surface area contributed by atoms with Crippen LogP contribution in [-0.4, -0.2) is 60.9 Å². The lowest BCUT2D eigenvalue weighted by Gasteiger charge is -2.34. The van der Waals surface area contributed by atoms with Crippen LogP contribution in [0, 0.1) is 5.92 Å². The van der Waals surface area contributed by atoms with Crippen LogP contribution in [0.3, 0.4) is 0 Å². The summed E-state index contributed by atoms with van der Waals surface area (Å²) in [6.45, 7) is 9.68. The lowest BCUT2D eigenvalue weighted by molar-refractivity contribution is -0.122. The highest BCUT2D eigenvalue weighted by Crippen LogP contribution is 2.35. The zero-order valence-electron chi connectivity index (χ0n) is 22.5. The molecule has 3 fully saturated rings. The normalized spacial score (nSPS) is 22.9. The van der Waals surface area contributed by atoms with E-state index in [4.69, 9.17) is 16.3 Å². The Balaban J connectivity index is 0.000000253. The summed E-state index contributed by atoms with van der Waals surface area (Å²) in [4.78, 5) is 12.6. The summed E-state index contributed by atoms with van der Waals surface area (Å²) < 4.78 is 8.07. The molecular weight excluding hydrogens is 490 g/mol. The molecule has 1 aliphatic carbocycles. The minimum atomic E-state index is 0.202. The van der Waals surface area contributed by atoms with Gasteiger partial charge in [0.05, 0.1) is 0 Å². The van der Waals surface area contributed by atoms with Crippen molar-refractivity contribution in [3.63, 3.8) is 0 Å². The predicted molar refractivity (Wildman–Crippen MR) is 154 cm³/mol. The van der Waals surface area contributed by atoms with Crippen molar-refractivity contribution in [1.82, 2.24) is 14.9 Å². The molecule has 2 atom stereocenters. The van der Waals surface area contributed by atoms with Crippen molar-refractivity contribution in [2.75, 3.05) is 38.6 Å². The third kappa shape index (κ3) is 10.2. The van der Waals surface area contributed by atoms with Gasteiger partial charge in [0, 0.05) is 62.1 Å². The van der Waals surface area contributed by atoms with Crippen LogP contribution in [0.25, 0.3) is 0 Å². The average molecular weight is 538 g/mol.